The summed E-state index contributed by atoms with van der Waals surface area (Å²) in [5.74, 6) is -1.43. The zero-order chi connectivity index (χ0) is 14.8. The van der Waals surface area contributed by atoms with E-state index in [1.54, 1.807) is 0 Å². The monoisotopic (exact) mass is 283 g/mol. The van der Waals surface area contributed by atoms with Gasteiger partial charge in [-0.25, -0.2) is 0 Å². The van der Waals surface area contributed by atoms with Crippen LogP contribution in [0.5, 0.6) is 0 Å². The molecule has 3 N–H and O–H groups in total. The number of carboxylic acid groups (broad SMARTS) is 1. The predicted octanol–water partition coefficient (Wildman–Crippen LogP) is 1.54. The van der Waals surface area contributed by atoms with Crippen LogP contribution in [0.3, 0.4) is 0 Å². The molecule has 20 heavy (non-hydrogen) atoms. The molecule has 2 fully saturated rings. The van der Waals surface area contributed by atoms with E-state index in [4.69, 9.17) is 5.11 Å². The molecule has 2 aliphatic carbocycles. The fourth-order valence-electron chi connectivity index (χ4n) is 3.56. The van der Waals surface area contributed by atoms with Gasteiger partial charge in [0.25, 0.3) is 0 Å². The van der Waals surface area contributed by atoms with Gasteiger partial charge in [-0.15, -0.1) is 0 Å². The predicted molar refractivity (Wildman–Crippen MR) is 74.1 cm³/mol. The fourth-order valence-corrected chi connectivity index (χ4v) is 3.56. The molecular formula is C15H25NO4. The van der Waals surface area contributed by atoms with Crippen LogP contribution >= 0.6 is 0 Å². The maximum Gasteiger partial charge on any atom is 0.307 e. The Kier molecular flexibility index (Phi) is 4.68. The van der Waals surface area contributed by atoms with Crippen molar-refractivity contribution in [2.24, 2.45) is 17.8 Å². The summed E-state index contributed by atoms with van der Waals surface area (Å²) < 4.78 is 0. The number of aliphatic hydroxyl groups excluding tert-OH is 1. The van der Waals surface area contributed by atoms with Crippen LogP contribution in [0.25, 0.3) is 0 Å². The molecule has 0 aromatic carbocycles. The molecule has 0 heterocycles. The summed E-state index contributed by atoms with van der Waals surface area (Å²) in [7, 11) is 0. The van der Waals surface area contributed by atoms with Gasteiger partial charge in [-0.05, 0) is 44.4 Å². The molecule has 2 atom stereocenters. The zero-order valence-electron chi connectivity index (χ0n) is 12.1. The van der Waals surface area contributed by atoms with E-state index in [0.29, 0.717) is 18.8 Å². The third-order valence-electron chi connectivity index (χ3n) is 5.09. The van der Waals surface area contributed by atoms with Gasteiger partial charge in [-0.2, -0.15) is 0 Å². The second-order valence-electron chi connectivity index (χ2n) is 6.59. The molecule has 0 saturated heterocycles. The number of hydrogen-bond donors (Lipinski definition) is 3. The molecule has 5 nitrogen and oxygen atoms in total. The first kappa shape index (κ1) is 15.3. The molecule has 5 heteroatoms. The van der Waals surface area contributed by atoms with Gasteiger partial charge in [0.15, 0.2) is 0 Å². The minimum absolute atomic E-state index is 0.0596. The van der Waals surface area contributed by atoms with Crippen molar-refractivity contribution in [1.29, 1.82) is 0 Å². The molecular weight excluding hydrogens is 258 g/mol. The van der Waals surface area contributed by atoms with E-state index >= 15 is 0 Å². The third-order valence-corrected chi connectivity index (χ3v) is 5.09. The molecule has 0 aliphatic heterocycles. The van der Waals surface area contributed by atoms with E-state index in [-0.39, 0.29) is 12.5 Å². The Morgan fingerprint density at radius 2 is 1.75 bits per heavy atom. The van der Waals surface area contributed by atoms with E-state index in [9.17, 15) is 14.7 Å². The highest BCUT2D eigenvalue weighted by Gasteiger charge is 2.42. The second-order valence-corrected chi connectivity index (χ2v) is 6.59. The highest BCUT2D eigenvalue weighted by molar-refractivity contribution is 5.85. The van der Waals surface area contributed by atoms with Gasteiger partial charge >= 0.3 is 5.97 Å². The number of carboxylic acids is 1. The fraction of sp³-hybridized carbons (Fsp3) is 0.867. The van der Waals surface area contributed by atoms with E-state index in [1.165, 1.54) is 0 Å². The first-order valence-corrected chi connectivity index (χ1v) is 7.63. The number of carbonyl (C=O) groups excluding carboxylic acids is 1. The van der Waals surface area contributed by atoms with Gasteiger partial charge in [0, 0.05) is 0 Å². The highest BCUT2D eigenvalue weighted by atomic mass is 16.4. The smallest absolute Gasteiger partial charge is 0.307 e. The summed E-state index contributed by atoms with van der Waals surface area (Å²) >= 11 is 0. The lowest BCUT2D eigenvalue weighted by Gasteiger charge is -2.39. The van der Waals surface area contributed by atoms with Gasteiger partial charge in [-0.1, -0.05) is 13.3 Å². The molecule has 0 radical (unpaired) electrons. The number of aliphatic carboxylic acids is 1. The molecule has 0 unspecified atom stereocenters. The van der Waals surface area contributed by atoms with Crippen LogP contribution in [-0.4, -0.2) is 34.2 Å². The minimum Gasteiger partial charge on any atom is -0.481 e. The Hall–Kier alpha value is -1.10. The summed E-state index contributed by atoms with van der Waals surface area (Å²) in [6.07, 6.45) is 5.55. The Labute approximate surface area is 119 Å². The first-order chi connectivity index (χ1) is 9.47. The van der Waals surface area contributed by atoms with Crippen LogP contribution < -0.4 is 5.32 Å². The summed E-state index contributed by atoms with van der Waals surface area (Å²) in [6, 6.07) is 0. The molecule has 0 spiro atoms. The quantitative estimate of drug-likeness (QED) is 0.730. The van der Waals surface area contributed by atoms with Crippen molar-refractivity contribution in [3.63, 3.8) is 0 Å². The van der Waals surface area contributed by atoms with Crippen LogP contribution in [0.4, 0.5) is 0 Å². The summed E-state index contributed by atoms with van der Waals surface area (Å²) in [5, 5.41) is 21.8. The molecule has 114 valence electrons. The van der Waals surface area contributed by atoms with Crippen LogP contribution in [0, 0.1) is 17.8 Å². The normalized spacial score (nSPS) is 37.6. The zero-order valence-corrected chi connectivity index (χ0v) is 12.1. The number of rotatable bonds is 4. The third kappa shape index (κ3) is 3.14. The number of hydrogen-bond acceptors (Lipinski definition) is 3. The minimum atomic E-state index is -0.877. The van der Waals surface area contributed by atoms with E-state index in [0.717, 1.165) is 32.1 Å². The van der Waals surface area contributed by atoms with E-state index < -0.39 is 23.3 Å². The van der Waals surface area contributed by atoms with Gasteiger partial charge < -0.3 is 15.5 Å². The Bertz CT molecular complexity index is 374. The number of amides is 1. The summed E-state index contributed by atoms with van der Waals surface area (Å²) in [5.41, 5.74) is -0.533. The van der Waals surface area contributed by atoms with Crippen molar-refractivity contribution >= 4 is 11.9 Å². The van der Waals surface area contributed by atoms with Crippen molar-refractivity contribution in [3.8, 4) is 0 Å². The van der Waals surface area contributed by atoms with Gasteiger partial charge in [-0.3, -0.25) is 9.59 Å². The topological polar surface area (TPSA) is 86.6 Å². The number of carbonyl (C=O) groups is 2. The summed E-state index contributed by atoms with van der Waals surface area (Å²) in [4.78, 5) is 23.6. The van der Waals surface area contributed by atoms with Crippen molar-refractivity contribution in [2.45, 2.75) is 57.4 Å². The first-order valence-electron chi connectivity index (χ1n) is 7.63. The molecule has 2 rings (SSSR count). The molecule has 2 aliphatic rings. The maximum atomic E-state index is 12.4. The van der Waals surface area contributed by atoms with Crippen LogP contribution in [0.2, 0.25) is 0 Å². The van der Waals surface area contributed by atoms with Crippen molar-refractivity contribution in [1.82, 2.24) is 5.32 Å². The van der Waals surface area contributed by atoms with Gasteiger partial charge in [0.2, 0.25) is 5.91 Å². The van der Waals surface area contributed by atoms with Crippen molar-refractivity contribution in [3.05, 3.63) is 0 Å². The highest BCUT2D eigenvalue weighted by Crippen LogP contribution is 2.35. The Morgan fingerprint density at radius 3 is 2.30 bits per heavy atom. The second kappa shape index (κ2) is 6.12. The molecule has 0 bridgehead atoms. The van der Waals surface area contributed by atoms with E-state index in [2.05, 4.69) is 12.2 Å². The average molecular weight is 283 g/mol. The average Bonchev–Trinajstić information content (AvgIpc) is 2.91. The Morgan fingerprint density at radius 1 is 1.15 bits per heavy atom. The van der Waals surface area contributed by atoms with Gasteiger partial charge in [0.05, 0.1) is 24.0 Å². The Balaban J connectivity index is 2.00. The van der Waals surface area contributed by atoms with Crippen LogP contribution in [0.1, 0.15) is 51.9 Å². The number of aliphatic hydroxyl groups is 1. The summed E-state index contributed by atoms with van der Waals surface area (Å²) in [6.45, 7) is 2.12. The standard InChI is InChI=1S/C15H25NO4/c1-10-5-7-15(9-17,8-6-10)16-13(18)11-3-2-4-12(11)14(19)20/h10-12,17H,2-9H2,1H3,(H,16,18)(H,19,20)/t10?,11-,12+,15?/m1/s1. The number of nitrogens with one attached hydrogen (secondary N) is 1. The van der Waals surface area contributed by atoms with Gasteiger partial charge in [0.1, 0.15) is 0 Å². The lowest BCUT2D eigenvalue weighted by atomic mass is 9.77. The molecule has 0 aromatic heterocycles. The van der Waals surface area contributed by atoms with Crippen molar-refractivity contribution < 1.29 is 19.8 Å². The van der Waals surface area contributed by atoms with E-state index in [1.807, 2.05) is 0 Å². The lowest BCUT2D eigenvalue weighted by molar-refractivity contribution is -0.146. The van der Waals surface area contributed by atoms with Crippen LogP contribution in [-0.2, 0) is 9.59 Å². The molecule has 0 aromatic rings. The SMILES string of the molecule is CC1CCC(CO)(NC(=O)[C@@H]2CCC[C@@H]2C(=O)O)CC1. The molecule has 2 saturated carbocycles. The molecule has 1 amide bonds. The van der Waals surface area contributed by atoms with Crippen molar-refractivity contribution in [2.75, 3.05) is 6.61 Å². The largest absolute Gasteiger partial charge is 0.481 e. The lowest BCUT2D eigenvalue weighted by Crippen LogP contribution is -2.55. The van der Waals surface area contributed by atoms with Crippen LogP contribution in [0.15, 0.2) is 0 Å². The maximum absolute atomic E-state index is 12.4.